The minimum Gasteiger partial charge on any atom is -0.264 e. The van der Waals surface area contributed by atoms with Crippen molar-refractivity contribution in [1.82, 2.24) is 4.98 Å². The molecule has 0 aliphatic heterocycles. The van der Waals surface area contributed by atoms with Crippen molar-refractivity contribution in [3.8, 4) is 17.2 Å². The first-order valence-electron chi connectivity index (χ1n) is 4.41. The van der Waals surface area contributed by atoms with Gasteiger partial charge in [0.25, 0.3) is 0 Å². The molecule has 2 aromatic rings. The fraction of sp³-hybridized carbons (Fsp3) is 0. The highest BCUT2D eigenvalue weighted by molar-refractivity contribution is 6.33. The van der Waals surface area contributed by atoms with Crippen LogP contribution < -0.4 is 0 Å². The molecule has 0 spiro atoms. The van der Waals surface area contributed by atoms with Gasteiger partial charge < -0.3 is 0 Å². The van der Waals surface area contributed by atoms with Crippen molar-refractivity contribution in [2.45, 2.75) is 0 Å². The zero-order valence-corrected chi connectivity index (χ0v) is 8.57. The van der Waals surface area contributed by atoms with Gasteiger partial charge in [-0.3, -0.25) is 4.98 Å². The third kappa shape index (κ3) is 1.98. The normalized spacial score (nSPS) is 9.60. The van der Waals surface area contributed by atoms with E-state index in [1.807, 2.05) is 24.3 Å². The number of hydrogen-bond acceptors (Lipinski definition) is 2. The number of nitriles is 1. The average Bonchev–Trinajstić information content (AvgIpc) is 2.30. The van der Waals surface area contributed by atoms with Crippen LogP contribution in [0.25, 0.3) is 11.1 Å². The number of benzene rings is 1. The summed E-state index contributed by atoms with van der Waals surface area (Å²) in [6, 6.07) is 11.1. The fourth-order valence-electron chi connectivity index (χ4n) is 1.34. The monoisotopic (exact) mass is 214 g/mol. The minimum atomic E-state index is 0.563. The first kappa shape index (κ1) is 9.70. The van der Waals surface area contributed by atoms with Crippen LogP contribution in [0.3, 0.4) is 0 Å². The number of nitrogens with zero attached hydrogens (tertiary/aromatic N) is 2. The molecule has 0 unspecified atom stereocenters. The van der Waals surface area contributed by atoms with Crippen LogP contribution in [0.1, 0.15) is 5.56 Å². The Labute approximate surface area is 92.8 Å². The molecule has 72 valence electrons. The molecular weight excluding hydrogens is 208 g/mol. The maximum absolute atomic E-state index is 8.70. The standard InChI is InChI=1S/C12H7ClN2/c13-12-6-9(7-14)3-4-11(12)10-2-1-5-15-8-10/h1-6,8H. The summed E-state index contributed by atoms with van der Waals surface area (Å²) in [5.41, 5.74) is 2.41. The van der Waals surface area contributed by atoms with Gasteiger partial charge in [-0.05, 0) is 18.2 Å². The lowest BCUT2D eigenvalue weighted by molar-refractivity contribution is 1.33. The maximum Gasteiger partial charge on any atom is 0.0992 e. The van der Waals surface area contributed by atoms with Crippen molar-refractivity contribution >= 4 is 11.6 Å². The molecule has 0 atom stereocenters. The minimum absolute atomic E-state index is 0.563. The van der Waals surface area contributed by atoms with Crippen LogP contribution in [0.4, 0.5) is 0 Å². The van der Waals surface area contributed by atoms with Crippen LogP contribution >= 0.6 is 11.6 Å². The van der Waals surface area contributed by atoms with Crippen molar-refractivity contribution in [3.05, 3.63) is 53.3 Å². The molecule has 0 aliphatic carbocycles. The molecule has 1 aromatic heterocycles. The molecule has 2 rings (SSSR count). The molecule has 0 N–H and O–H groups in total. The summed E-state index contributed by atoms with van der Waals surface area (Å²) >= 11 is 6.06. The van der Waals surface area contributed by atoms with Crippen LogP contribution in [0, 0.1) is 11.3 Å². The van der Waals surface area contributed by atoms with Crippen molar-refractivity contribution in [2.24, 2.45) is 0 Å². The van der Waals surface area contributed by atoms with E-state index in [-0.39, 0.29) is 0 Å². The molecule has 0 fully saturated rings. The highest BCUT2D eigenvalue weighted by atomic mass is 35.5. The summed E-state index contributed by atoms with van der Waals surface area (Å²) in [6.07, 6.45) is 3.45. The van der Waals surface area contributed by atoms with E-state index >= 15 is 0 Å². The van der Waals surface area contributed by atoms with E-state index in [9.17, 15) is 0 Å². The van der Waals surface area contributed by atoms with Gasteiger partial charge in [0.15, 0.2) is 0 Å². The van der Waals surface area contributed by atoms with Gasteiger partial charge in [-0.1, -0.05) is 23.7 Å². The lowest BCUT2D eigenvalue weighted by atomic mass is 10.1. The maximum atomic E-state index is 8.70. The van der Waals surface area contributed by atoms with E-state index in [1.54, 1.807) is 24.5 Å². The zero-order chi connectivity index (χ0) is 10.7. The molecular formula is C12H7ClN2. The quantitative estimate of drug-likeness (QED) is 0.731. The Hall–Kier alpha value is -1.85. The third-order valence-corrected chi connectivity index (χ3v) is 2.38. The van der Waals surface area contributed by atoms with E-state index < -0.39 is 0 Å². The summed E-state index contributed by atoms with van der Waals surface area (Å²) < 4.78 is 0. The Morgan fingerprint density at radius 3 is 2.73 bits per heavy atom. The number of halogens is 1. The Kier molecular flexibility index (Phi) is 2.66. The Bertz CT molecular complexity index is 515. The smallest absolute Gasteiger partial charge is 0.0992 e. The van der Waals surface area contributed by atoms with Crippen LogP contribution in [0.5, 0.6) is 0 Å². The average molecular weight is 215 g/mol. The van der Waals surface area contributed by atoms with Gasteiger partial charge in [-0.25, -0.2) is 0 Å². The second kappa shape index (κ2) is 4.12. The fourth-order valence-corrected chi connectivity index (χ4v) is 1.63. The molecule has 3 heteroatoms. The lowest BCUT2D eigenvalue weighted by Gasteiger charge is -2.03. The van der Waals surface area contributed by atoms with Gasteiger partial charge in [0.05, 0.1) is 11.6 Å². The summed E-state index contributed by atoms with van der Waals surface area (Å²) in [7, 11) is 0. The molecule has 0 saturated heterocycles. The van der Waals surface area contributed by atoms with E-state index in [1.165, 1.54) is 0 Å². The largest absolute Gasteiger partial charge is 0.264 e. The third-order valence-electron chi connectivity index (χ3n) is 2.07. The molecule has 1 heterocycles. The number of pyridine rings is 1. The second-order valence-corrected chi connectivity index (χ2v) is 3.46. The number of aromatic nitrogens is 1. The topological polar surface area (TPSA) is 36.7 Å². The summed E-state index contributed by atoms with van der Waals surface area (Å²) in [5.74, 6) is 0. The van der Waals surface area contributed by atoms with Crippen molar-refractivity contribution in [3.63, 3.8) is 0 Å². The van der Waals surface area contributed by atoms with Gasteiger partial charge in [-0.2, -0.15) is 5.26 Å². The van der Waals surface area contributed by atoms with Crippen LogP contribution in [-0.2, 0) is 0 Å². The zero-order valence-electron chi connectivity index (χ0n) is 7.81. The lowest BCUT2D eigenvalue weighted by Crippen LogP contribution is -1.82. The van der Waals surface area contributed by atoms with E-state index in [0.717, 1.165) is 11.1 Å². The van der Waals surface area contributed by atoms with Crippen LogP contribution in [0.15, 0.2) is 42.7 Å². The SMILES string of the molecule is N#Cc1ccc(-c2cccnc2)c(Cl)c1. The van der Waals surface area contributed by atoms with Crippen molar-refractivity contribution in [1.29, 1.82) is 5.26 Å². The summed E-state index contributed by atoms with van der Waals surface area (Å²) in [5, 5.41) is 9.27. The first-order chi connectivity index (χ1) is 7.31. The molecule has 0 amide bonds. The van der Waals surface area contributed by atoms with E-state index in [2.05, 4.69) is 4.98 Å². The Morgan fingerprint density at radius 2 is 2.13 bits per heavy atom. The van der Waals surface area contributed by atoms with Crippen molar-refractivity contribution in [2.75, 3.05) is 0 Å². The van der Waals surface area contributed by atoms with Gasteiger partial charge in [0, 0.05) is 28.5 Å². The molecule has 0 bridgehead atoms. The number of rotatable bonds is 1. The van der Waals surface area contributed by atoms with E-state index in [4.69, 9.17) is 16.9 Å². The van der Waals surface area contributed by atoms with E-state index in [0.29, 0.717) is 10.6 Å². The summed E-state index contributed by atoms with van der Waals surface area (Å²) in [4.78, 5) is 4.02. The predicted octanol–water partition coefficient (Wildman–Crippen LogP) is 3.27. The van der Waals surface area contributed by atoms with Crippen LogP contribution in [0.2, 0.25) is 5.02 Å². The van der Waals surface area contributed by atoms with Crippen LogP contribution in [-0.4, -0.2) is 4.98 Å². The highest BCUT2D eigenvalue weighted by Gasteiger charge is 2.03. The van der Waals surface area contributed by atoms with Gasteiger partial charge in [-0.15, -0.1) is 0 Å². The Balaban J connectivity index is 2.52. The Morgan fingerprint density at radius 1 is 1.27 bits per heavy atom. The molecule has 0 aliphatic rings. The van der Waals surface area contributed by atoms with Gasteiger partial charge in [0.1, 0.15) is 0 Å². The first-order valence-corrected chi connectivity index (χ1v) is 4.79. The molecule has 15 heavy (non-hydrogen) atoms. The van der Waals surface area contributed by atoms with Gasteiger partial charge in [0.2, 0.25) is 0 Å². The highest BCUT2D eigenvalue weighted by Crippen LogP contribution is 2.27. The van der Waals surface area contributed by atoms with Gasteiger partial charge >= 0.3 is 0 Å². The number of hydrogen-bond donors (Lipinski definition) is 0. The molecule has 0 saturated carbocycles. The second-order valence-electron chi connectivity index (χ2n) is 3.05. The molecule has 0 radical (unpaired) electrons. The predicted molar refractivity (Wildman–Crippen MR) is 59.4 cm³/mol. The summed E-state index contributed by atoms with van der Waals surface area (Å²) in [6.45, 7) is 0. The van der Waals surface area contributed by atoms with Crippen molar-refractivity contribution < 1.29 is 0 Å². The molecule has 1 aromatic carbocycles. The molecule has 2 nitrogen and oxygen atoms in total.